The zero-order valence-corrected chi connectivity index (χ0v) is 10.2. The van der Waals surface area contributed by atoms with Crippen LogP contribution in [0.25, 0.3) is 0 Å². The van der Waals surface area contributed by atoms with Crippen molar-refractivity contribution >= 4 is 11.4 Å². The van der Waals surface area contributed by atoms with Crippen molar-refractivity contribution in [3.63, 3.8) is 0 Å². The van der Waals surface area contributed by atoms with Crippen molar-refractivity contribution in [2.75, 3.05) is 31.3 Å². The summed E-state index contributed by atoms with van der Waals surface area (Å²) in [5, 5.41) is 11.7. The third-order valence-corrected chi connectivity index (χ3v) is 2.58. The number of nitrogens with two attached hydrogens (primary N) is 1. The van der Waals surface area contributed by atoms with Crippen molar-refractivity contribution in [2.24, 2.45) is 5.92 Å². The monoisotopic (exact) mass is 242 g/mol. The van der Waals surface area contributed by atoms with Crippen LogP contribution in [0.15, 0.2) is 12.1 Å². The number of hydrogen-bond donors (Lipinski definition) is 3. The molecule has 96 valence electrons. The Labute approximate surface area is 101 Å². The van der Waals surface area contributed by atoms with Gasteiger partial charge < -0.3 is 20.9 Å². The fourth-order valence-electron chi connectivity index (χ4n) is 1.49. The van der Waals surface area contributed by atoms with E-state index in [1.165, 1.54) is 19.2 Å². The van der Waals surface area contributed by atoms with Gasteiger partial charge in [0.15, 0.2) is 0 Å². The van der Waals surface area contributed by atoms with E-state index in [2.05, 4.69) is 5.32 Å². The molecule has 1 aromatic carbocycles. The summed E-state index contributed by atoms with van der Waals surface area (Å²) in [7, 11) is 1.49. The number of nitrogens with one attached hydrogen (secondary N) is 1. The maximum Gasteiger partial charge on any atom is 0.148 e. The van der Waals surface area contributed by atoms with Crippen LogP contribution >= 0.6 is 0 Å². The van der Waals surface area contributed by atoms with E-state index in [4.69, 9.17) is 15.6 Å². The summed E-state index contributed by atoms with van der Waals surface area (Å²) in [4.78, 5) is 0. The highest BCUT2D eigenvalue weighted by Gasteiger charge is 2.09. The highest BCUT2D eigenvalue weighted by molar-refractivity contribution is 5.62. The number of halogens is 1. The van der Waals surface area contributed by atoms with Crippen molar-refractivity contribution in [2.45, 2.75) is 13.3 Å². The Morgan fingerprint density at radius 1 is 1.53 bits per heavy atom. The molecule has 1 rings (SSSR count). The van der Waals surface area contributed by atoms with Gasteiger partial charge >= 0.3 is 0 Å². The summed E-state index contributed by atoms with van der Waals surface area (Å²) >= 11 is 0. The molecule has 4 N–H and O–H groups in total. The van der Waals surface area contributed by atoms with Crippen LogP contribution in [0.4, 0.5) is 15.8 Å². The molecule has 0 fully saturated rings. The first kappa shape index (κ1) is 13.6. The van der Waals surface area contributed by atoms with Gasteiger partial charge in [0, 0.05) is 25.3 Å². The third kappa shape index (κ3) is 3.78. The SMILES string of the molecule is COc1cc(NCC(C)CCO)c(F)cc1N. The molecule has 1 aromatic rings. The minimum absolute atomic E-state index is 0.135. The van der Waals surface area contributed by atoms with Gasteiger partial charge in [0.25, 0.3) is 0 Å². The predicted octanol–water partition coefficient (Wildman–Crippen LogP) is 1.85. The lowest BCUT2D eigenvalue weighted by Crippen LogP contribution is -2.13. The minimum atomic E-state index is -0.403. The van der Waals surface area contributed by atoms with Gasteiger partial charge in [-0.2, -0.15) is 0 Å². The molecule has 0 heterocycles. The summed E-state index contributed by atoms with van der Waals surface area (Å²) in [5.41, 5.74) is 6.22. The number of benzene rings is 1. The second kappa shape index (κ2) is 6.30. The topological polar surface area (TPSA) is 67.5 Å². The van der Waals surface area contributed by atoms with Gasteiger partial charge in [-0.1, -0.05) is 6.92 Å². The lowest BCUT2D eigenvalue weighted by atomic mass is 10.1. The van der Waals surface area contributed by atoms with E-state index in [1.54, 1.807) is 0 Å². The van der Waals surface area contributed by atoms with Crippen molar-refractivity contribution < 1.29 is 14.2 Å². The van der Waals surface area contributed by atoms with E-state index in [0.717, 1.165) is 0 Å². The standard InChI is InChI=1S/C12H19FN2O2/c1-8(3-4-16)7-15-11-6-12(17-2)10(14)5-9(11)13/h5-6,8,15-16H,3-4,7,14H2,1-2H3. The number of nitrogen functional groups attached to an aromatic ring is 1. The van der Waals surface area contributed by atoms with Crippen LogP contribution in [0.3, 0.4) is 0 Å². The summed E-state index contributed by atoms with van der Waals surface area (Å²) in [6.07, 6.45) is 0.681. The van der Waals surface area contributed by atoms with Gasteiger partial charge in [-0.15, -0.1) is 0 Å². The van der Waals surface area contributed by atoms with Gasteiger partial charge in [0.05, 0.1) is 18.5 Å². The maximum absolute atomic E-state index is 13.6. The van der Waals surface area contributed by atoms with Crippen molar-refractivity contribution in [1.82, 2.24) is 0 Å². The molecule has 1 unspecified atom stereocenters. The maximum atomic E-state index is 13.6. The van der Waals surface area contributed by atoms with Gasteiger partial charge in [0.1, 0.15) is 11.6 Å². The molecule has 0 aliphatic carbocycles. The third-order valence-electron chi connectivity index (χ3n) is 2.58. The first-order valence-electron chi connectivity index (χ1n) is 5.56. The largest absolute Gasteiger partial charge is 0.495 e. The molecule has 0 amide bonds. The zero-order valence-electron chi connectivity index (χ0n) is 10.2. The number of aliphatic hydroxyl groups is 1. The summed E-state index contributed by atoms with van der Waals surface area (Å²) in [5.74, 6) is 0.311. The molecule has 0 aliphatic rings. The fourth-order valence-corrected chi connectivity index (χ4v) is 1.49. The lowest BCUT2D eigenvalue weighted by Gasteiger charge is -2.14. The average molecular weight is 242 g/mol. The number of aliphatic hydroxyl groups excluding tert-OH is 1. The molecule has 0 aliphatic heterocycles. The Balaban J connectivity index is 2.70. The van der Waals surface area contributed by atoms with Crippen LogP contribution < -0.4 is 15.8 Å². The van der Waals surface area contributed by atoms with Gasteiger partial charge in [-0.05, 0) is 12.3 Å². The second-order valence-corrected chi connectivity index (χ2v) is 4.07. The van der Waals surface area contributed by atoms with Gasteiger partial charge in [-0.25, -0.2) is 4.39 Å². The van der Waals surface area contributed by atoms with E-state index < -0.39 is 5.82 Å². The van der Waals surface area contributed by atoms with Crippen molar-refractivity contribution in [1.29, 1.82) is 0 Å². The molecule has 4 nitrogen and oxygen atoms in total. The van der Waals surface area contributed by atoms with Crippen molar-refractivity contribution in [3.8, 4) is 5.75 Å². The van der Waals surface area contributed by atoms with Crippen LogP contribution in [0, 0.1) is 11.7 Å². The van der Waals surface area contributed by atoms with E-state index in [-0.39, 0.29) is 18.2 Å². The van der Waals surface area contributed by atoms with Crippen LogP contribution in [0.1, 0.15) is 13.3 Å². The first-order valence-corrected chi connectivity index (χ1v) is 5.56. The van der Waals surface area contributed by atoms with Crippen LogP contribution in [0.2, 0.25) is 0 Å². The smallest absolute Gasteiger partial charge is 0.148 e. The number of hydrogen-bond acceptors (Lipinski definition) is 4. The molecular weight excluding hydrogens is 223 g/mol. The number of rotatable bonds is 6. The van der Waals surface area contributed by atoms with Gasteiger partial charge in [-0.3, -0.25) is 0 Å². The molecule has 0 radical (unpaired) electrons. The highest BCUT2D eigenvalue weighted by Crippen LogP contribution is 2.28. The molecule has 0 bridgehead atoms. The molecule has 0 spiro atoms. The quantitative estimate of drug-likeness (QED) is 0.666. The fraction of sp³-hybridized carbons (Fsp3) is 0.500. The lowest BCUT2D eigenvalue weighted by molar-refractivity contribution is 0.266. The van der Waals surface area contributed by atoms with E-state index in [1.807, 2.05) is 6.92 Å². The molecule has 0 saturated heterocycles. The van der Waals surface area contributed by atoms with E-state index in [9.17, 15) is 4.39 Å². The Bertz CT molecular complexity index is 372. The Kier molecular flexibility index (Phi) is 5.03. The molecule has 1 atom stereocenters. The van der Waals surface area contributed by atoms with E-state index >= 15 is 0 Å². The van der Waals surface area contributed by atoms with Crippen LogP contribution in [-0.2, 0) is 0 Å². The number of methoxy groups -OCH3 is 1. The molecule has 5 heteroatoms. The predicted molar refractivity (Wildman–Crippen MR) is 66.7 cm³/mol. The molecular formula is C12H19FN2O2. The normalized spacial score (nSPS) is 12.2. The molecule has 0 aromatic heterocycles. The Morgan fingerprint density at radius 2 is 2.24 bits per heavy atom. The van der Waals surface area contributed by atoms with E-state index in [0.29, 0.717) is 24.4 Å². The highest BCUT2D eigenvalue weighted by atomic mass is 19.1. The van der Waals surface area contributed by atoms with Crippen molar-refractivity contribution in [3.05, 3.63) is 17.9 Å². The summed E-state index contributed by atoms with van der Waals surface area (Å²) in [6, 6.07) is 2.77. The zero-order chi connectivity index (χ0) is 12.8. The van der Waals surface area contributed by atoms with Gasteiger partial charge in [0.2, 0.25) is 0 Å². The Hall–Kier alpha value is -1.49. The number of ether oxygens (including phenoxy) is 1. The Morgan fingerprint density at radius 3 is 2.82 bits per heavy atom. The van der Waals surface area contributed by atoms with Crippen LogP contribution in [0.5, 0.6) is 5.75 Å². The molecule has 17 heavy (non-hydrogen) atoms. The minimum Gasteiger partial charge on any atom is -0.495 e. The van der Waals surface area contributed by atoms with Crippen LogP contribution in [-0.4, -0.2) is 25.4 Å². The second-order valence-electron chi connectivity index (χ2n) is 4.07. The summed E-state index contributed by atoms with van der Waals surface area (Å²) in [6.45, 7) is 2.70. The summed E-state index contributed by atoms with van der Waals surface area (Å²) < 4.78 is 18.6. The average Bonchev–Trinajstić information content (AvgIpc) is 2.28. The first-order chi connectivity index (χ1) is 8.08. The number of anilines is 2. The molecule has 0 saturated carbocycles.